The monoisotopic (exact) mass is 351 g/mol. The zero-order valence-electron chi connectivity index (χ0n) is 13.4. The van der Waals surface area contributed by atoms with Gasteiger partial charge in [-0.1, -0.05) is 25.1 Å². The Balaban J connectivity index is 2.05. The standard InChI is InChI=1S/C18H19F2NO2S/c1-2-13-6-3-4-8-18(13)24(22,23)21-11-5-7-17(21)15-12-14(19)9-10-16(15)20/h3-4,6,8-10,12,17H,2,5,7,11H2,1H3. The maximum Gasteiger partial charge on any atom is 0.243 e. The predicted octanol–water partition coefficient (Wildman–Crippen LogP) is 4.05. The van der Waals surface area contributed by atoms with Gasteiger partial charge < -0.3 is 0 Å². The van der Waals surface area contributed by atoms with Gasteiger partial charge in [0.25, 0.3) is 0 Å². The second-order valence-corrected chi connectivity index (χ2v) is 7.76. The molecule has 0 N–H and O–H groups in total. The molecule has 0 aromatic heterocycles. The van der Waals surface area contributed by atoms with Gasteiger partial charge in [-0.2, -0.15) is 4.31 Å². The van der Waals surface area contributed by atoms with Crippen LogP contribution in [0.5, 0.6) is 0 Å². The summed E-state index contributed by atoms with van der Waals surface area (Å²) >= 11 is 0. The number of benzene rings is 2. The molecule has 0 amide bonds. The minimum atomic E-state index is -3.76. The van der Waals surface area contributed by atoms with Crippen molar-refractivity contribution in [2.45, 2.75) is 37.1 Å². The molecular weight excluding hydrogens is 332 g/mol. The maximum atomic E-state index is 14.1. The summed E-state index contributed by atoms with van der Waals surface area (Å²) in [5, 5.41) is 0. The molecule has 1 aliphatic rings. The van der Waals surface area contributed by atoms with E-state index in [4.69, 9.17) is 0 Å². The molecule has 24 heavy (non-hydrogen) atoms. The highest BCUT2D eigenvalue weighted by Gasteiger charge is 2.38. The first-order chi connectivity index (χ1) is 11.4. The zero-order valence-corrected chi connectivity index (χ0v) is 14.2. The molecule has 0 bridgehead atoms. The van der Waals surface area contributed by atoms with Gasteiger partial charge in [-0.05, 0) is 49.1 Å². The fourth-order valence-electron chi connectivity index (χ4n) is 3.28. The summed E-state index contributed by atoms with van der Waals surface area (Å²) in [6, 6.07) is 9.35. The van der Waals surface area contributed by atoms with Gasteiger partial charge in [0.2, 0.25) is 10.0 Å². The Morgan fingerprint density at radius 1 is 1.17 bits per heavy atom. The van der Waals surface area contributed by atoms with Crippen molar-refractivity contribution in [2.24, 2.45) is 0 Å². The molecule has 128 valence electrons. The molecule has 1 fully saturated rings. The van der Waals surface area contributed by atoms with Crippen molar-refractivity contribution < 1.29 is 17.2 Å². The van der Waals surface area contributed by atoms with Crippen LogP contribution in [0.3, 0.4) is 0 Å². The van der Waals surface area contributed by atoms with Gasteiger partial charge in [-0.25, -0.2) is 17.2 Å². The van der Waals surface area contributed by atoms with E-state index in [-0.39, 0.29) is 10.5 Å². The van der Waals surface area contributed by atoms with Crippen LogP contribution in [0.1, 0.15) is 36.9 Å². The van der Waals surface area contributed by atoms with E-state index in [9.17, 15) is 17.2 Å². The molecule has 1 atom stereocenters. The molecule has 1 aliphatic heterocycles. The smallest absolute Gasteiger partial charge is 0.207 e. The molecule has 6 heteroatoms. The van der Waals surface area contributed by atoms with Crippen LogP contribution in [0, 0.1) is 11.6 Å². The summed E-state index contributed by atoms with van der Waals surface area (Å²) in [5.41, 5.74) is 0.827. The number of hydrogen-bond donors (Lipinski definition) is 0. The third kappa shape index (κ3) is 2.96. The van der Waals surface area contributed by atoms with Crippen molar-refractivity contribution in [3.8, 4) is 0 Å². The summed E-state index contributed by atoms with van der Waals surface area (Å²) in [6.07, 6.45) is 1.68. The number of rotatable bonds is 4. The third-order valence-electron chi connectivity index (χ3n) is 4.46. The largest absolute Gasteiger partial charge is 0.243 e. The first-order valence-corrected chi connectivity index (χ1v) is 9.44. The minimum Gasteiger partial charge on any atom is -0.207 e. The molecule has 3 rings (SSSR count). The van der Waals surface area contributed by atoms with E-state index < -0.39 is 27.7 Å². The lowest BCUT2D eigenvalue weighted by Gasteiger charge is -2.25. The van der Waals surface area contributed by atoms with Crippen molar-refractivity contribution in [1.29, 1.82) is 0 Å². The average Bonchev–Trinajstić information content (AvgIpc) is 3.07. The number of nitrogens with zero attached hydrogens (tertiary/aromatic N) is 1. The van der Waals surface area contributed by atoms with E-state index in [1.807, 2.05) is 6.92 Å². The molecule has 1 heterocycles. The Bertz CT molecular complexity index is 852. The van der Waals surface area contributed by atoms with Gasteiger partial charge in [0, 0.05) is 12.1 Å². The van der Waals surface area contributed by atoms with Gasteiger partial charge in [-0.3, -0.25) is 0 Å². The quantitative estimate of drug-likeness (QED) is 0.833. The van der Waals surface area contributed by atoms with Gasteiger partial charge >= 0.3 is 0 Å². The zero-order chi connectivity index (χ0) is 17.3. The molecule has 0 radical (unpaired) electrons. The Labute approximate surface area is 141 Å². The van der Waals surface area contributed by atoms with E-state index in [1.54, 1.807) is 24.3 Å². The normalized spacial score (nSPS) is 18.9. The lowest BCUT2D eigenvalue weighted by atomic mass is 10.0. The van der Waals surface area contributed by atoms with Crippen LogP contribution < -0.4 is 0 Å². The predicted molar refractivity (Wildman–Crippen MR) is 88.0 cm³/mol. The fourth-order valence-corrected chi connectivity index (χ4v) is 5.25. The summed E-state index contributed by atoms with van der Waals surface area (Å²) in [7, 11) is -3.76. The van der Waals surface area contributed by atoms with Crippen LogP contribution >= 0.6 is 0 Å². The summed E-state index contributed by atoms with van der Waals surface area (Å²) in [4.78, 5) is 0.246. The maximum absolute atomic E-state index is 14.1. The average molecular weight is 351 g/mol. The number of sulfonamides is 1. The SMILES string of the molecule is CCc1ccccc1S(=O)(=O)N1CCCC1c1cc(F)ccc1F. The van der Waals surface area contributed by atoms with Gasteiger partial charge in [0.05, 0.1) is 10.9 Å². The molecular formula is C18H19F2NO2S. The third-order valence-corrected chi connectivity index (χ3v) is 6.47. The van der Waals surface area contributed by atoms with Crippen LogP contribution in [0.2, 0.25) is 0 Å². The lowest BCUT2D eigenvalue weighted by Crippen LogP contribution is -2.31. The Kier molecular flexibility index (Phi) is 4.69. The second-order valence-electron chi connectivity index (χ2n) is 5.90. The molecule has 1 unspecified atom stereocenters. The van der Waals surface area contributed by atoms with Crippen molar-refractivity contribution in [1.82, 2.24) is 4.31 Å². The highest BCUT2D eigenvalue weighted by Crippen LogP contribution is 2.38. The van der Waals surface area contributed by atoms with Crippen LogP contribution in [-0.4, -0.2) is 19.3 Å². The lowest BCUT2D eigenvalue weighted by molar-refractivity contribution is 0.384. The first kappa shape index (κ1) is 17.0. The molecule has 0 spiro atoms. The van der Waals surface area contributed by atoms with Crippen molar-refractivity contribution >= 4 is 10.0 Å². The van der Waals surface area contributed by atoms with Crippen LogP contribution in [-0.2, 0) is 16.4 Å². The van der Waals surface area contributed by atoms with E-state index in [0.717, 1.165) is 23.8 Å². The Morgan fingerprint density at radius 2 is 1.92 bits per heavy atom. The number of halogens is 2. The van der Waals surface area contributed by atoms with Gasteiger partial charge in [0.15, 0.2) is 0 Å². The Morgan fingerprint density at radius 3 is 2.67 bits per heavy atom. The van der Waals surface area contributed by atoms with Crippen molar-refractivity contribution in [3.63, 3.8) is 0 Å². The van der Waals surface area contributed by atoms with E-state index in [1.165, 1.54) is 4.31 Å². The highest BCUT2D eigenvalue weighted by molar-refractivity contribution is 7.89. The van der Waals surface area contributed by atoms with Crippen molar-refractivity contribution in [3.05, 3.63) is 65.2 Å². The van der Waals surface area contributed by atoms with Crippen LogP contribution in [0.25, 0.3) is 0 Å². The summed E-state index contributed by atoms with van der Waals surface area (Å²) < 4.78 is 55.2. The summed E-state index contributed by atoms with van der Waals surface area (Å²) in [6.45, 7) is 2.20. The topological polar surface area (TPSA) is 37.4 Å². The van der Waals surface area contributed by atoms with E-state index in [0.29, 0.717) is 25.8 Å². The number of aryl methyl sites for hydroxylation is 1. The van der Waals surface area contributed by atoms with Crippen LogP contribution in [0.15, 0.2) is 47.4 Å². The van der Waals surface area contributed by atoms with Crippen LogP contribution in [0.4, 0.5) is 8.78 Å². The molecule has 2 aromatic carbocycles. The highest BCUT2D eigenvalue weighted by atomic mass is 32.2. The molecule has 1 saturated heterocycles. The van der Waals surface area contributed by atoms with Gasteiger partial charge in [-0.15, -0.1) is 0 Å². The molecule has 3 nitrogen and oxygen atoms in total. The van der Waals surface area contributed by atoms with E-state index in [2.05, 4.69) is 0 Å². The molecule has 0 saturated carbocycles. The first-order valence-electron chi connectivity index (χ1n) is 8.00. The Hall–Kier alpha value is -1.79. The molecule has 2 aromatic rings. The van der Waals surface area contributed by atoms with Gasteiger partial charge in [0.1, 0.15) is 11.6 Å². The second kappa shape index (κ2) is 6.61. The fraction of sp³-hybridized carbons (Fsp3) is 0.333. The van der Waals surface area contributed by atoms with Crippen molar-refractivity contribution in [2.75, 3.05) is 6.54 Å². The number of hydrogen-bond acceptors (Lipinski definition) is 2. The summed E-state index contributed by atoms with van der Waals surface area (Å²) in [5.74, 6) is -1.14. The minimum absolute atomic E-state index is 0.102. The van der Waals surface area contributed by atoms with E-state index >= 15 is 0 Å². The molecule has 0 aliphatic carbocycles.